The number of hydrogen-bond acceptors (Lipinski definition) is 4. The Morgan fingerprint density at radius 1 is 1.43 bits per heavy atom. The van der Waals surface area contributed by atoms with Crippen molar-refractivity contribution in [3.05, 3.63) is 23.8 Å². The fraction of sp³-hybridized carbons (Fsp3) is 0.462. The number of nitrogens with one attached hydrogen (secondary N) is 1. The molecule has 0 aliphatic carbocycles. The number of alkyl halides is 3. The third kappa shape index (κ3) is 5.14. The molecule has 0 aliphatic heterocycles. The van der Waals surface area contributed by atoms with E-state index in [9.17, 15) is 18.0 Å². The second-order valence-corrected chi connectivity index (χ2v) is 4.40. The first-order valence-corrected chi connectivity index (χ1v) is 6.38. The highest BCUT2D eigenvalue weighted by Crippen LogP contribution is 2.27. The summed E-state index contributed by atoms with van der Waals surface area (Å²) < 4.78 is 37.9. The predicted octanol–water partition coefficient (Wildman–Crippen LogP) is 1.38. The largest absolute Gasteiger partial charge is 0.405 e. The molecule has 0 spiro atoms. The molecule has 0 heterocycles. The minimum atomic E-state index is -4.46. The van der Waals surface area contributed by atoms with Crippen LogP contribution in [0.3, 0.4) is 0 Å². The van der Waals surface area contributed by atoms with Gasteiger partial charge in [-0.05, 0) is 25.1 Å². The molecule has 0 aromatic heterocycles. The van der Waals surface area contributed by atoms with E-state index < -0.39 is 25.2 Å². The Morgan fingerprint density at radius 3 is 2.62 bits per heavy atom. The zero-order chi connectivity index (χ0) is 16.0. The SMILES string of the molecule is CCNC(=O)c1ccc(N)cc1N(CCO)CC(F)(F)F. The molecule has 1 amide bonds. The number of nitrogen functional groups attached to an aromatic ring is 1. The Labute approximate surface area is 120 Å². The zero-order valence-electron chi connectivity index (χ0n) is 11.6. The minimum Gasteiger partial charge on any atom is -0.399 e. The molecule has 4 N–H and O–H groups in total. The van der Waals surface area contributed by atoms with Gasteiger partial charge in [0, 0.05) is 18.8 Å². The van der Waals surface area contributed by atoms with Crippen LogP contribution in [0.4, 0.5) is 24.5 Å². The summed E-state index contributed by atoms with van der Waals surface area (Å²) in [5.41, 5.74) is 5.97. The minimum absolute atomic E-state index is 0.0484. The smallest absolute Gasteiger partial charge is 0.399 e. The molecule has 1 rings (SSSR count). The first kappa shape index (κ1) is 17.1. The summed E-state index contributed by atoms with van der Waals surface area (Å²) in [6.07, 6.45) is -4.46. The number of aliphatic hydroxyl groups is 1. The number of carbonyl (C=O) groups excluding carboxylic acids is 1. The van der Waals surface area contributed by atoms with E-state index in [0.717, 1.165) is 4.90 Å². The number of halogens is 3. The lowest BCUT2D eigenvalue weighted by Crippen LogP contribution is -2.38. The van der Waals surface area contributed by atoms with Crippen LogP contribution in [0, 0.1) is 0 Å². The number of rotatable bonds is 6. The van der Waals surface area contributed by atoms with Crippen molar-refractivity contribution in [1.29, 1.82) is 0 Å². The van der Waals surface area contributed by atoms with Crippen LogP contribution < -0.4 is 16.0 Å². The van der Waals surface area contributed by atoms with E-state index in [4.69, 9.17) is 10.8 Å². The average Bonchev–Trinajstić information content (AvgIpc) is 2.36. The molecule has 8 heteroatoms. The molecule has 1 aromatic rings. The van der Waals surface area contributed by atoms with Crippen molar-refractivity contribution in [2.45, 2.75) is 13.1 Å². The van der Waals surface area contributed by atoms with Crippen molar-refractivity contribution in [3.8, 4) is 0 Å². The molecule has 0 fully saturated rings. The van der Waals surface area contributed by atoms with Gasteiger partial charge in [0.1, 0.15) is 6.54 Å². The topological polar surface area (TPSA) is 78.6 Å². The molecule has 1 aromatic carbocycles. The Kier molecular flexibility index (Phi) is 5.83. The quantitative estimate of drug-likeness (QED) is 0.694. The van der Waals surface area contributed by atoms with Gasteiger partial charge in [0.05, 0.1) is 17.9 Å². The monoisotopic (exact) mass is 305 g/mol. The third-order valence-corrected chi connectivity index (χ3v) is 2.68. The summed E-state index contributed by atoms with van der Waals surface area (Å²) >= 11 is 0. The molecule has 0 saturated heterocycles. The van der Waals surface area contributed by atoms with E-state index >= 15 is 0 Å². The lowest BCUT2D eigenvalue weighted by atomic mass is 10.1. The van der Waals surface area contributed by atoms with Gasteiger partial charge in [0.15, 0.2) is 0 Å². The number of hydrogen-bond donors (Lipinski definition) is 3. The number of amides is 1. The maximum absolute atomic E-state index is 12.6. The van der Waals surface area contributed by atoms with E-state index in [0.29, 0.717) is 6.54 Å². The average molecular weight is 305 g/mol. The number of aliphatic hydroxyl groups excluding tert-OH is 1. The van der Waals surface area contributed by atoms with Crippen LogP contribution in [-0.2, 0) is 0 Å². The molecule has 0 radical (unpaired) electrons. The number of nitrogens with zero attached hydrogens (tertiary/aromatic N) is 1. The maximum atomic E-state index is 12.6. The predicted molar refractivity (Wildman–Crippen MR) is 74.2 cm³/mol. The van der Waals surface area contributed by atoms with Crippen molar-refractivity contribution >= 4 is 17.3 Å². The van der Waals surface area contributed by atoms with E-state index in [2.05, 4.69) is 5.32 Å². The summed E-state index contributed by atoms with van der Waals surface area (Å²) in [6, 6.07) is 4.11. The summed E-state index contributed by atoms with van der Waals surface area (Å²) in [7, 11) is 0. The van der Waals surface area contributed by atoms with Crippen molar-refractivity contribution in [2.75, 3.05) is 36.9 Å². The molecule has 21 heavy (non-hydrogen) atoms. The van der Waals surface area contributed by atoms with Crippen molar-refractivity contribution in [2.24, 2.45) is 0 Å². The second kappa shape index (κ2) is 7.16. The van der Waals surface area contributed by atoms with Crippen LogP contribution in [-0.4, -0.2) is 43.4 Å². The van der Waals surface area contributed by atoms with Gasteiger partial charge in [-0.3, -0.25) is 4.79 Å². The molecule has 5 nitrogen and oxygen atoms in total. The highest BCUT2D eigenvalue weighted by Gasteiger charge is 2.32. The third-order valence-electron chi connectivity index (χ3n) is 2.68. The molecular formula is C13H18F3N3O2. The van der Waals surface area contributed by atoms with Gasteiger partial charge < -0.3 is 21.1 Å². The second-order valence-electron chi connectivity index (χ2n) is 4.40. The van der Waals surface area contributed by atoms with Crippen LogP contribution >= 0.6 is 0 Å². The van der Waals surface area contributed by atoms with Gasteiger partial charge in [-0.2, -0.15) is 13.2 Å². The Balaban J connectivity index is 3.21. The molecular weight excluding hydrogens is 287 g/mol. The number of anilines is 2. The Hall–Kier alpha value is -1.96. The molecule has 0 saturated carbocycles. The number of benzene rings is 1. The molecule has 0 unspecified atom stereocenters. The van der Waals surface area contributed by atoms with Crippen LogP contribution in [0.15, 0.2) is 18.2 Å². The standard InChI is InChI=1S/C13H18F3N3O2/c1-2-18-12(21)10-4-3-9(17)7-11(10)19(5-6-20)8-13(14,15)16/h3-4,7,20H,2,5-6,8,17H2,1H3,(H,18,21). The number of carbonyl (C=O) groups is 1. The van der Waals surface area contributed by atoms with Crippen LogP contribution in [0.5, 0.6) is 0 Å². The molecule has 0 bridgehead atoms. The van der Waals surface area contributed by atoms with E-state index in [1.807, 2.05) is 0 Å². The molecule has 0 aliphatic rings. The first-order valence-electron chi connectivity index (χ1n) is 6.38. The Bertz CT molecular complexity index is 492. The zero-order valence-corrected chi connectivity index (χ0v) is 11.6. The van der Waals surface area contributed by atoms with Gasteiger partial charge in [-0.1, -0.05) is 0 Å². The fourth-order valence-electron chi connectivity index (χ4n) is 1.88. The van der Waals surface area contributed by atoms with Gasteiger partial charge in [0.2, 0.25) is 0 Å². The lowest BCUT2D eigenvalue weighted by molar-refractivity contribution is -0.119. The molecule has 118 valence electrons. The fourth-order valence-corrected chi connectivity index (χ4v) is 1.88. The van der Waals surface area contributed by atoms with Gasteiger partial charge in [-0.25, -0.2) is 0 Å². The highest BCUT2D eigenvalue weighted by molar-refractivity contribution is 6.00. The normalized spacial score (nSPS) is 11.3. The van der Waals surface area contributed by atoms with Crippen LogP contribution in [0.2, 0.25) is 0 Å². The van der Waals surface area contributed by atoms with E-state index in [1.54, 1.807) is 6.92 Å². The van der Waals surface area contributed by atoms with Crippen LogP contribution in [0.1, 0.15) is 17.3 Å². The van der Waals surface area contributed by atoms with Gasteiger partial charge in [-0.15, -0.1) is 0 Å². The summed E-state index contributed by atoms with van der Waals surface area (Å²) in [6.45, 7) is 0.0521. The van der Waals surface area contributed by atoms with E-state index in [1.165, 1.54) is 18.2 Å². The Morgan fingerprint density at radius 2 is 2.10 bits per heavy atom. The summed E-state index contributed by atoms with van der Waals surface area (Å²) in [5.74, 6) is -0.488. The number of nitrogens with two attached hydrogens (primary N) is 1. The van der Waals surface area contributed by atoms with Crippen molar-refractivity contribution in [3.63, 3.8) is 0 Å². The van der Waals surface area contributed by atoms with E-state index in [-0.39, 0.29) is 23.5 Å². The van der Waals surface area contributed by atoms with Gasteiger partial charge in [0.25, 0.3) is 5.91 Å². The molecule has 0 atom stereocenters. The van der Waals surface area contributed by atoms with Crippen molar-refractivity contribution in [1.82, 2.24) is 5.32 Å². The highest BCUT2D eigenvalue weighted by atomic mass is 19.4. The summed E-state index contributed by atoms with van der Waals surface area (Å²) in [5, 5.41) is 11.5. The van der Waals surface area contributed by atoms with Crippen molar-refractivity contribution < 1.29 is 23.1 Å². The first-order chi connectivity index (χ1) is 9.78. The van der Waals surface area contributed by atoms with Gasteiger partial charge >= 0.3 is 6.18 Å². The lowest BCUT2D eigenvalue weighted by Gasteiger charge is -2.27. The maximum Gasteiger partial charge on any atom is 0.405 e. The summed E-state index contributed by atoms with van der Waals surface area (Å²) in [4.78, 5) is 12.8. The van der Waals surface area contributed by atoms with Crippen LogP contribution in [0.25, 0.3) is 0 Å².